The molecule has 1 aromatic carbocycles. The number of hydrogen-bond donors (Lipinski definition) is 3. The number of nitrogens with one attached hydrogen (secondary N) is 1. The minimum absolute atomic E-state index is 0.00445. The first-order valence-electron chi connectivity index (χ1n) is 9.45. The van der Waals surface area contributed by atoms with Gasteiger partial charge in [-0.1, -0.05) is 32.4 Å². The van der Waals surface area contributed by atoms with Crippen LogP contribution in [0.1, 0.15) is 61.0 Å². The van der Waals surface area contributed by atoms with Crippen LogP contribution in [-0.2, 0) is 0 Å². The summed E-state index contributed by atoms with van der Waals surface area (Å²) in [4.78, 5) is 15.3. The molecule has 0 spiro atoms. The first-order valence-corrected chi connectivity index (χ1v) is 9.97. The molecule has 1 aliphatic heterocycles. The molecule has 1 saturated heterocycles. The average molecular weight is 364 g/mol. The van der Waals surface area contributed by atoms with Crippen molar-refractivity contribution in [1.82, 2.24) is 10.2 Å². The van der Waals surface area contributed by atoms with E-state index in [2.05, 4.69) is 19.2 Å². The number of piperazine rings is 1. The van der Waals surface area contributed by atoms with Gasteiger partial charge in [-0.2, -0.15) is 12.6 Å². The van der Waals surface area contributed by atoms with Crippen LogP contribution < -0.4 is 11.1 Å². The van der Waals surface area contributed by atoms with Crippen LogP contribution in [0.5, 0.6) is 0 Å². The Labute approximate surface area is 158 Å². The van der Waals surface area contributed by atoms with E-state index in [4.69, 9.17) is 18.4 Å². The third-order valence-corrected chi connectivity index (χ3v) is 6.22. The van der Waals surface area contributed by atoms with Crippen molar-refractivity contribution in [2.45, 2.75) is 70.3 Å². The van der Waals surface area contributed by atoms with Crippen molar-refractivity contribution in [3.63, 3.8) is 0 Å². The summed E-state index contributed by atoms with van der Waals surface area (Å²) in [7, 11) is 0. The fraction of sp³-hybridized carbons (Fsp3) is 0.650. The van der Waals surface area contributed by atoms with Crippen LogP contribution in [0.2, 0.25) is 0 Å². The molecular formula is C20H33N3OS. The second-order valence-electron chi connectivity index (χ2n) is 7.21. The maximum atomic E-state index is 13.4. The molecule has 0 aliphatic carbocycles. The lowest BCUT2D eigenvalue weighted by Crippen LogP contribution is -2.75. The number of unbranched alkanes of at least 4 members (excludes halogenated alkanes) is 1. The summed E-state index contributed by atoms with van der Waals surface area (Å²) in [6, 6.07) is 5.91. The van der Waals surface area contributed by atoms with E-state index in [9.17, 15) is 4.79 Å². The van der Waals surface area contributed by atoms with Crippen molar-refractivity contribution in [2.75, 3.05) is 13.1 Å². The van der Waals surface area contributed by atoms with Gasteiger partial charge in [0.25, 0.3) is 5.91 Å². The fourth-order valence-electron chi connectivity index (χ4n) is 3.76. The molecule has 4 nitrogen and oxygen atoms in total. The fourth-order valence-corrected chi connectivity index (χ4v) is 4.12. The molecule has 3 N–H and O–H groups in total. The predicted molar refractivity (Wildman–Crippen MR) is 108 cm³/mol. The Kier molecular flexibility index (Phi) is 6.94. The molecule has 1 aliphatic rings. The molecule has 140 valence electrons. The van der Waals surface area contributed by atoms with E-state index >= 15 is 0 Å². The second kappa shape index (κ2) is 8.56. The Morgan fingerprint density at radius 2 is 2.16 bits per heavy atom. The number of nitrogens with zero attached hydrogens (tertiary/aromatic N) is 1. The first kappa shape index (κ1) is 20.3. The summed E-state index contributed by atoms with van der Waals surface area (Å²) in [6.45, 7) is 9.71. The number of thiol groups is 1. The van der Waals surface area contributed by atoms with Gasteiger partial charge in [-0.15, -0.1) is 0 Å². The van der Waals surface area contributed by atoms with Crippen LogP contribution in [0.25, 0.3) is 0 Å². The van der Waals surface area contributed by atoms with E-state index in [0.29, 0.717) is 6.54 Å². The zero-order valence-corrected chi connectivity index (χ0v) is 16.9. The molecule has 0 bridgehead atoms. The van der Waals surface area contributed by atoms with Crippen molar-refractivity contribution in [2.24, 2.45) is 5.73 Å². The first-order chi connectivity index (χ1) is 11.9. The van der Waals surface area contributed by atoms with Crippen molar-refractivity contribution < 1.29 is 4.79 Å². The minimum Gasteiger partial charge on any atom is -0.318 e. The molecule has 25 heavy (non-hydrogen) atoms. The number of amides is 1. The van der Waals surface area contributed by atoms with Gasteiger partial charge in [0.15, 0.2) is 0 Å². The van der Waals surface area contributed by atoms with Gasteiger partial charge in [0, 0.05) is 23.9 Å². The minimum atomic E-state index is -0.704. The molecular weight excluding hydrogens is 330 g/mol. The zero-order chi connectivity index (χ0) is 18.6. The van der Waals surface area contributed by atoms with Crippen molar-refractivity contribution in [3.05, 3.63) is 34.9 Å². The van der Waals surface area contributed by atoms with Gasteiger partial charge >= 0.3 is 0 Å². The summed E-state index contributed by atoms with van der Waals surface area (Å²) >= 11 is 4.76. The lowest BCUT2D eigenvalue weighted by Gasteiger charge is -2.52. The summed E-state index contributed by atoms with van der Waals surface area (Å²) in [6.07, 6.45) is 3.75. The van der Waals surface area contributed by atoms with Crippen LogP contribution in [0, 0.1) is 13.8 Å². The zero-order valence-electron chi connectivity index (χ0n) is 16.0. The van der Waals surface area contributed by atoms with Crippen molar-refractivity contribution in [3.8, 4) is 0 Å². The summed E-state index contributed by atoms with van der Waals surface area (Å²) in [5, 5.41) is 3.66. The van der Waals surface area contributed by atoms with E-state index in [0.717, 1.165) is 48.9 Å². The van der Waals surface area contributed by atoms with Crippen LogP contribution >= 0.6 is 12.6 Å². The third-order valence-electron chi connectivity index (χ3n) is 5.55. The number of hydrogen-bond acceptors (Lipinski definition) is 4. The van der Waals surface area contributed by atoms with Gasteiger partial charge in [0.1, 0.15) is 5.66 Å². The summed E-state index contributed by atoms with van der Waals surface area (Å²) < 4.78 is 0. The highest BCUT2D eigenvalue weighted by molar-refractivity contribution is 7.81. The molecule has 0 saturated carbocycles. The van der Waals surface area contributed by atoms with E-state index in [1.165, 1.54) is 0 Å². The van der Waals surface area contributed by atoms with Crippen molar-refractivity contribution >= 4 is 18.5 Å². The van der Waals surface area contributed by atoms with Gasteiger partial charge in [0.05, 0.1) is 6.04 Å². The molecule has 0 radical (unpaired) electrons. The number of rotatable bonds is 6. The smallest absolute Gasteiger partial charge is 0.255 e. The molecule has 1 amide bonds. The Hall–Kier alpha value is -1.04. The molecule has 0 aromatic heterocycles. The van der Waals surface area contributed by atoms with Crippen LogP contribution in [0.3, 0.4) is 0 Å². The summed E-state index contributed by atoms with van der Waals surface area (Å²) in [5.41, 5.74) is 9.16. The Morgan fingerprint density at radius 1 is 1.44 bits per heavy atom. The second-order valence-corrected chi connectivity index (χ2v) is 7.87. The molecule has 1 aromatic rings. The highest BCUT2D eigenvalue weighted by Crippen LogP contribution is 2.31. The molecule has 3 atom stereocenters. The van der Waals surface area contributed by atoms with Crippen LogP contribution in [0.4, 0.5) is 0 Å². The highest BCUT2D eigenvalue weighted by atomic mass is 32.1. The highest BCUT2D eigenvalue weighted by Gasteiger charge is 2.47. The largest absolute Gasteiger partial charge is 0.318 e. The number of carbonyl (C=O) groups is 1. The van der Waals surface area contributed by atoms with Gasteiger partial charge in [-0.05, 0) is 50.3 Å². The SMILES string of the molecule is CCCCC1(N)C(C(S)CC)NCCN1C(=O)c1cccc(C)c1C. The van der Waals surface area contributed by atoms with E-state index in [1.807, 2.05) is 36.9 Å². The average Bonchev–Trinajstić information content (AvgIpc) is 2.61. The summed E-state index contributed by atoms with van der Waals surface area (Å²) in [5.74, 6) is 0.0444. The van der Waals surface area contributed by atoms with E-state index < -0.39 is 5.66 Å². The molecule has 2 rings (SSSR count). The lowest BCUT2D eigenvalue weighted by atomic mass is 9.86. The molecule has 5 heteroatoms. The Bertz CT molecular complexity index is 607. The topological polar surface area (TPSA) is 58.4 Å². The van der Waals surface area contributed by atoms with E-state index in [1.54, 1.807) is 0 Å². The number of carbonyl (C=O) groups excluding carboxylic acids is 1. The van der Waals surface area contributed by atoms with Gasteiger partial charge < -0.3 is 16.0 Å². The number of benzene rings is 1. The predicted octanol–water partition coefficient (Wildman–Crippen LogP) is 3.27. The standard InChI is InChI=1S/C20H33N3OS/c1-5-7-11-20(21)18(17(25)6-2)22-12-13-23(20)19(24)16-10-8-9-14(3)15(16)4/h8-10,17-18,22,25H,5-7,11-13,21H2,1-4H3. The normalized spacial score (nSPS) is 25.0. The maximum Gasteiger partial charge on any atom is 0.255 e. The Balaban J connectivity index is 2.41. The molecule has 3 unspecified atom stereocenters. The van der Waals surface area contributed by atoms with Crippen molar-refractivity contribution in [1.29, 1.82) is 0 Å². The Morgan fingerprint density at radius 3 is 2.80 bits per heavy atom. The van der Waals surface area contributed by atoms with Crippen LogP contribution in [0.15, 0.2) is 18.2 Å². The molecule has 1 fully saturated rings. The maximum absolute atomic E-state index is 13.4. The van der Waals surface area contributed by atoms with E-state index in [-0.39, 0.29) is 17.2 Å². The monoisotopic (exact) mass is 363 g/mol. The van der Waals surface area contributed by atoms with Crippen LogP contribution in [-0.4, -0.2) is 40.9 Å². The number of nitrogens with two attached hydrogens (primary N) is 1. The van der Waals surface area contributed by atoms with Gasteiger partial charge in [-0.25, -0.2) is 0 Å². The quantitative estimate of drug-likeness (QED) is 0.680. The number of aryl methyl sites for hydroxylation is 1. The lowest BCUT2D eigenvalue weighted by molar-refractivity contribution is 0.0142. The third kappa shape index (κ3) is 4.04. The van der Waals surface area contributed by atoms with Gasteiger partial charge in [-0.3, -0.25) is 4.79 Å². The molecule has 1 heterocycles. The van der Waals surface area contributed by atoms with Gasteiger partial charge in [0.2, 0.25) is 0 Å².